The first kappa shape index (κ1) is 11.8. The monoisotopic (exact) mass is 233 g/mol. The van der Waals surface area contributed by atoms with Crippen molar-refractivity contribution in [1.29, 1.82) is 0 Å². The van der Waals surface area contributed by atoms with Crippen LogP contribution in [0.5, 0.6) is 0 Å². The van der Waals surface area contributed by atoms with Crippen LogP contribution in [-0.4, -0.2) is 17.1 Å². The molecule has 0 aliphatic rings. The van der Waals surface area contributed by atoms with Gasteiger partial charge in [-0.15, -0.1) is 11.3 Å². The Hall–Kier alpha value is -0.300. The number of rotatable bonds is 2. The van der Waals surface area contributed by atoms with Crippen molar-refractivity contribution in [2.75, 3.05) is 7.05 Å². The summed E-state index contributed by atoms with van der Waals surface area (Å²) in [6.07, 6.45) is 0. The van der Waals surface area contributed by atoms with E-state index in [2.05, 4.69) is 9.35 Å². The highest BCUT2D eigenvalue weighted by Crippen LogP contribution is 2.29. The van der Waals surface area contributed by atoms with Crippen molar-refractivity contribution < 1.29 is 5.11 Å². The number of hydrogen-bond donors (Lipinski definition) is 2. The molecule has 0 saturated heterocycles. The second-order valence-corrected chi connectivity index (χ2v) is 6.11. The summed E-state index contributed by atoms with van der Waals surface area (Å²) in [6, 6.07) is 0. The SMILES string of the molecule is CN=S(N)c1sc(C(C)(C)O)nc1C. The first-order valence-electron chi connectivity index (χ1n) is 4.15. The Kier molecular flexibility index (Phi) is 3.41. The molecule has 0 aliphatic carbocycles. The van der Waals surface area contributed by atoms with Crippen molar-refractivity contribution in [1.82, 2.24) is 4.98 Å². The third-order valence-electron chi connectivity index (χ3n) is 1.66. The smallest absolute Gasteiger partial charge is 0.125 e. The Labute approximate surface area is 90.4 Å². The van der Waals surface area contributed by atoms with Gasteiger partial charge in [0.25, 0.3) is 0 Å². The van der Waals surface area contributed by atoms with Gasteiger partial charge in [-0.05, 0) is 20.8 Å². The van der Waals surface area contributed by atoms with Crippen molar-refractivity contribution in [2.45, 2.75) is 30.6 Å². The standard InChI is InChI=1S/C8H15N3OS2/c1-5-6(14(9)10-4)13-7(11-5)8(2,3)12/h12H,1-4H3,(H2,9,10). The fraction of sp³-hybridized carbons (Fsp3) is 0.625. The summed E-state index contributed by atoms with van der Waals surface area (Å²) in [6.45, 7) is 5.32. The predicted molar refractivity (Wildman–Crippen MR) is 60.3 cm³/mol. The van der Waals surface area contributed by atoms with Crippen LogP contribution in [0.4, 0.5) is 0 Å². The maximum Gasteiger partial charge on any atom is 0.125 e. The molecular formula is C8H15N3OS2. The maximum absolute atomic E-state index is 9.76. The summed E-state index contributed by atoms with van der Waals surface area (Å²) in [5, 5.41) is 16.3. The summed E-state index contributed by atoms with van der Waals surface area (Å²) in [5.74, 6) is 0. The number of hydrogen-bond acceptors (Lipinski definition) is 4. The van der Waals surface area contributed by atoms with E-state index in [0.717, 1.165) is 9.90 Å². The third kappa shape index (κ3) is 2.38. The Bertz CT molecular complexity index is 365. The van der Waals surface area contributed by atoms with Gasteiger partial charge in [0, 0.05) is 17.9 Å². The van der Waals surface area contributed by atoms with Crippen LogP contribution in [0, 0.1) is 6.92 Å². The molecule has 3 N–H and O–H groups in total. The Balaban J connectivity index is 3.18. The molecule has 6 heteroatoms. The first-order valence-corrected chi connectivity index (χ1v) is 6.21. The Morgan fingerprint density at radius 1 is 1.57 bits per heavy atom. The Morgan fingerprint density at radius 3 is 2.50 bits per heavy atom. The highest BCUT2D eigenvalue weighted by Gasteiger charge is 2.22. The van der Waals surface area contributed by atoms with Gasteiger partial charge in [0.2, 0.25) is 0 Å². The summed E-state index contributed by atoms with van der Waals surface area (Å²) in [5.41, 5.74) is -0.0328. The molecule has 1 aromatic heterocycles. The summed E-state index contributed by atoms with van der Waals surface area (Å²) < 4.78 is 4.96. The number of nitrogens with zero attached hydrogens (tertiary/aromatic N) is 2. The fourth-order valence-electron chi connectivity index (χ4n) is 0.921. The number of thiazole rings is 1. The van der Waals surface area contributed by atoms with E-state index in [1.807, 2.05) is 6.92 Å². The van der Waals surface area contributed by atoms with Crippen LogP contribution in [0.1, 0.15) is 24.5 Å². The minimum atomic E-state index is -0.897. The molecule has 1 heterocycles. The summed E-state index contributed by atoms with van der Waals surface area (Å²) >= 11 is 1.43. The molecule has 0 aromatic carbocycles. The van der Waals surface area contributed by atoms with Crippen LogP contribution in [0.15, 0.2) is 8.57 Å². The normalized spacial score (nSPS) is 14.7. The van der Waals surface area contributed by atoms with E-state index in [9.17, 15) is 5.11 Å². The van der Waals surface area contributed by atoms with Gasteiger partial charge in [-0.2, -0.15) is 0 Å². The summed E-state index contributed by atoms with van der Waals surface area (Å²) in [4.78, 5) is 4.29. The molecule has 4 nitrogen and oxygen atoms in total. The lowest BCUT2D eigenvalue weighted by Crippen LogP contribution is -2.14. The van der Waals surface area contributed by atoms with Crippen molar-refractivity contribution in [3.05, 3.63) is 10.7 Å². The second-order valence-electron chi connectivity index (χ2n) is 3.45. The number of aromatic nitrogens is 1. The minimum Gasteiger partial charge on any atom is -0.383 e. The highest BCUT2D eigenvalue weighted by molar-refractivity contribution is 7.87. The van der Waals surface area contributed by atoms with Gasteiger partial charge in [0.15, 0.2) is 0 Å². The van der Waals surface area contributed by atoms with Crippen LogP contribution in [-0.2, 0) is 16.5 Å². The van der Waals surface area contributed by atoms with Gasteiger partial charge in [0.1, 0.15) is 14.8 Å². The first-order chi connectivity index (χ1) is 6.36. The second kappa shape index (κ2) is 4.06. The Morgan fingerprint density at radius 2 is 2.14 bits per heavy atom. The minimum absolute atomic E-state index is 0.596. The number of aliphatic hydroxyl groups is 1. The highest BCUT2D eigenvalue weighted by atomic mass is 32.2. The van der Waals surface area contributed by atoms with Gasteiger partial charge in [-0.3, -0.25) is 5.14 Å². The van der Waals surface area contributed by atoms with E-state index in [-0.39, 0.29) is 0 Å². The molecule has 0 saturated carbocycles. The van der Waals surface area contributed by atoms with Crippen molar-refractivity contribution >= 4 is 22.2 Å². The van der Waals surface area contributed by atoms with Gasteiger partial charge in [-0.1, -0.05) is 0 Å². The van der Waals surface area contributed by atoms with Gasteiger partial charge >= 0.3 is 0 Å². The molecule has 0 spiro atoms. The van der Waals surface area contributed by atoms with Crippen LogP contribution in [0.25, 0.3) is 0 Å². The molecule has 1 atom stereocenters. The van der Waals surface area contributed by atoms with E-state index in [0.29, 0.717) is 5.01 Å². The van der Waals surface area contributed by atoms with Gasteiger partial charge in [0.05, 0.1) is 5.69 Å². The molecule has 1 unspecified atom stereocenters. The molecule has 80 valence electrons. The van der Waals surface area contributed by atoms with Crippen molar-refractivity contribution in [2.24, 2.45) is 9.50 Å². The zero-order valence-electron chi connectivity index (χ0n) is 8.74. The van der Waals surface area contributed by atoms with Crippen molar-refractivity contribution in [3.8, 4) is 0 Å². The maximum atomic E-state index is 9.76. The number of aryl methyl sites for hydroxylation is 1. The van der Waals surface area contributed by atoms with Gasteiger partial charge in [-0.25, -0.2) is 9.35 Å². The van der Waals surface area contributed by atoms with E-state index >= 15 is 0 Å². The molecule has 14 heavy (non-hydrogen) atoms. The van der Waals surface area contributed by atoms with Gasteiger partial charge < -0.3 is 5.11 Å². The average Bonchev–Trinajstić information content (AvgIpc) is 2.45. The van der Waals surface area contributed by atoms with Crippen molar-refractivity contribution in [3.63, 3.8) is 0 Å². The molecule has 0 bridgehead atoms. The van der Waals surface area contributed by atoms with E-state index < -0.39 is 16.5 Å². The zero-order chi connectivity index (χ0) is 10.9. The average molecular weight is 233 g/mol. The molecule has 1 aromatic rings. The van der Waals surface area contributed by atoms with E-state index in [4.69, 9.17) is 5.14 Å². The molecule has 1 rings (SSSR count). The topological polar surface area (TPSA) is 71.5 Å². The predicted octanol–water partition coefficient (Wildman–Crippen LogP) is 1.34. The molecule has 0 fully saturated rings. The van der Waals surface area contributed by atoms with Crippen LogP contribution < -0.4 is 5.14 Å². The summed E-state index contributed by atoms with van der Waals surface area (Å²) in [7, 11) is 1.09. The zero-order valence-corrected chi connectivity index (χ0v) is 10.4. The van der Waals surface area contributed by atoms with E-state index in [1.54, 1.807) is 20.9 Å². The third-order valence-corrected chi connectivity index (χ3v) is 4.76. The quantitative estimate of drug-likeness (QED) is 0.810. The number of nitrogens with two attached hydrogens (primary N) is 1. The molecule has 0 radical (unpaired) electrons. The van der Waals surface area contributed by atoms with Crippen LogP contribution in [0.2, 0.25) is 0 Å². The lowest BCUT2D eigenvalue weighted by Gasteiger charge is -2.12. The van der Waals surface area contributed by atoms with E-state index in [1.165, 1.54) is 11.3 Å². The van der Waals surface area contributed by atoms with Crippen LogP contribution in [0.3, 0.4) is 0 Å². The lowest BCUT2D eigenvalue weighted by atomic mass is 10.2. The largest absolute Gasteiger partial charge is 0.383 e. The molecular weight excluding hydrogens is 218 g/mol. The fourth-order valence-corrected chi connectivity index (χ4v) is 3.04. The van der Waals surface area contributed by atoms with Crippen LogP contribution >= 0.6 is 11.3 Å². The molecule has 0 aliphatic heterocycles. The molecule has 0 amide bonds. The lowest BCUT2D eigenvalue weighted by molar-refractivity contribution is 0.0781.